The van der Waals surface area contributed by atoms with E-state index < -0.39 is 0 Å². The minimum absolute atomic E-state index is 0.237. The molecule has 0 spiro atoms. The SMILES string of the molecule is CCCCCOC(=O)c1ccc(Br)cc1. The Balaban J connectivity index is 2.37. The maximum Gasteiger partial charge on any atom is 0.338 e. The van der Waals surface area contributed by atoms with Crippen LogP contribution in [0.1, 0.15) is 36.5 Å². The summed E-state index contributed by atoms with van der Waals surface area (Å²) < 4.78 is 6.08. The Kier molecular flexibility index (Phi) is 5.40. The summed E-state index contributed by atoms with van der Waals surface area (Å²) in [7, 11) is 0. The van der Waals surface area contributed by atoms with Crippen LogP contribution in [-0.2, 0) is 4.74 Å². The number of hydrogen-bond acceptors (Lipinski definition) is 2. The van der Waals surface area contributed by atoms with E-state index in [1.165, 1.54) is 0 Å². The first-order chi connectivity index (χ1) is 7.24. The third-order valence-corrected chi connectivity index (χ3v) is 2.59. The Morgan fingerprint density at radius 1 is 1.27 bits per heavy atom. The molecule has 0 heterocycles. The van der Waals surface area contributed by atoms with Crippen molar-refractivity contribution in [2.45, 2.75) is 26.2 Å². The number of benzene rings is 1. The van der Waals surface area contributed by atoms with E-state index in [1.807, 2.05) is 12.1 Å². The Hall–Kier alpha value is -0.830. The molecule has 0 aliphatic rings. The number of ether oxygens (including phenoxy) is 1. The van der Waals surface area contributed by atoms with E-state index in [0.29, 0.717) is 12.2 Å². The van der Waals surface area contributed by atoms with Crippen LogP contribution in [0.5, 0.6) is 0 Å². The van der Waals surface area contributed by atoms with Crippen molar-refractivity contribution in [1.29, 1.82) is 0 Å². The van der Waals surface area contributed by atoms with Crippen LogP contribution in [0.25, 0.3) is 0 Å². The van der Waals surface area contributed by atoms with Gasteiger partial charge in [-0.2, -0.15) is 0 Å². The molecule has 0 atom stereocenters. The number of halogens is 1. The van der Waals surface area contributed by atoms with Crippen molar-refractivity contribution in [3.63, 3.8) is 0 Å². The van der Waals surface area contributed by atoms with Crippen LogP contribution in [0.15, 0.2) is 28.7 Å². The van der Waals surface area contributed by atoms with E-state index in [-0.39, 0.29) is 5.97 Å². The number of esters is 1. The summed E-state index contributed by atoms with van der Waals surface area (Å²) in [6, 6.07) is 7.18. The van der Waals surface area contributed by atoms with Crippen LogP contribution in [-0.4, -0.2) is 12.6 Å². The number of hydrogen-bond donors (Lipinski definition) is 0. The van der Waals surface area contributed by atoms with Crippen molar-refractivity contribution < 1.29 is 9.53 Å². The zero-order chi connectivity index (χ0) is 11.1. The van der Waals surface area contributed by atoms with Crippen molar-refractivity contribution >= 4 is 21.9 Å². The standard InChI is InChI=1S/C12H15BrO2/c1-2-3-4-9-15-12(14)10-5-7-11(13)8-6-10/h5-8H,2-4,9H2,1H3. The monoisotopic (exact) mass is 270 g/mol. The predicted octanol–water partition coefficient (Wildman–Crippen LogP) is 3.80. The predicted molar refractivity (Wildman–Crippen MR) is 63.9 cm³/mol. The van der Waals surface area contributed by atoms with Gasteiger partial charge < -0.3 is 4.74 Å². The zero-order valence-corrected chi connectivity index (χ0v) is 10.4. The van der Waals surface area contributed by atoms with Gasteiger partial charge in [-0.3, -0.25) is 0 Å². The van der Waals surface area contributed by atoms with Gasteiger partial charge in [0.2, 0.25) is 0 Å². The molecule has 3 heteroatoms. The molecular formula is C12H15BrO2. The first-order valence-corrected chi connectivity index (χ1v) is 5.96. The number of rotatable bonds is 5. The van der Waals surface area contributed by atoms with E-state index in [9.17, 15) is 4.79 Å². The van der Waals surface area contributed by atoms with Crippen molar-refractivity contribution in [3.05, 3.63) is 34.3 Å². The highest BCUT2D eigenvalue weighted by Gasteiger charge is 2.05. The van der Waals surface area contributed by atoms with Gasteiger partial charge in [0.15, 0.2) is 0 Å². The van der Waals surface area contributed by atoms with E-state index in [0.717, 1.165) is 23.7 Å². The highest BCUT2D eigenvalue weighted by molar-refractivity contribution is 9.10. The quantitative estimate of drug-likeness (QED) is 0.601. The van der Waals surface area contributed by atoms with E-state index >= 15 is 0 Å². The maximum atomic E-state index is 11.5. The van der Waals surface area contributed by atoms with Gasteiger partial charge in [0.25, 0.3) is 0 Å². The Labute approximate surface area is 98.8 Å². The molecule has 82 valence electrons. The molecule has 2 nitrogen and oxygen atoms in total. The third kappa shape index (κ3) is 4.47. The fourth-order valence-electron chi connectivity index (χ4n) is 1.19. The fourth-order valence-corrected chi connectivity index (χ4v) is 1.45. The van der Waals surface area contributed by atoms with Crippen LogP contribution < -0.4 is 0 Å². The molecule has 0 N–H and O–H groups in total. The summed E-state index contributed by atoms with van der Waals surface area (Å²) in [5, 5.41) is 0. The molecule has 0 aliphatic carbocycles. The highest BCUT2D eigenvalue weighted by atomic mass is 79.9. The van der Waals surface area contributed by atoms with E-state index in [2.05, 4.69) is 22.9 Å². The van der Waals surface area contributed by atoms with Gasteiger partial charge in [0, 0.05) is 4.47 Å². The summed E-state index contributed by atoms with van der Waals surface area (Å²) in [5.74, 6) is -0.237. The molecule has 0 aliphatic heterocycles. The van der Waals surface area contributed by atoms with Gasteiger partial charge in [-0.1, -0.05) is 35.7 Å². The van der Waals surface area contributed by atoms with Crippen molar-refractivity contribution in [2.75, 3.05) is 6.61 Å². The summed E-state index contributed by atoms with van der Waals surface area (Å²) in [4.78, 5) is 11.5. The zero-order valence-electron chi connectivity index (χ0n) is 8.83. The highest BCUT2D eigenvalue weighted by Crippen LogP contribution is 2.11. The number of carbonyl (C=O) groups excluding carboxylic acids is 1. The van der Waals surface area contributed by atoms with E-state index in [1.54, 1.807) is 12.1 Å². The lowest BCUT2D eigenvalue weighted by molar-refractivity contribution is 0.0498. The molecule has 1 aromatic rings. The molecule has 15 heavy (non-hydrogen) atoms. The van der Waals surface area contributed by atoms with Gasteiger partial charge in [0.1, 0.15) is 0 Å². The normalized spacial score (nSPS) is 10.0. The Morgan fingerprint density at radius 2 is 1.93 bits per heavy atom. The molecule has 0 saturated heterocycles. The Bertz CT molecular complexity index is 306. The van der Waals surface area contributed by atoms with Crippen LogP contribution in [0.3, 0.4) is 0 Å². The fraction of sp³-hybridized carbons (Fsp3) is 0.417. The van der Waals surface area contributed by atoms with Gasteiger partial charge in [-0.05, 0) is 30.7 Å². The topological polar surface area (TPSA) is 26.3 Å². The molecule has 0 aromatic heterocycles. The van der Waals surface area contributed by atoms with Crippen molar-refractivity contribution in [1.82, 2.24) is 0 Å². The second-order valence-electron chi connectivity index (χ2n) is 3.35. The molecule has 0 radical (unpaired) electrons. The average molecular weight is 271 g/mol. The summed E-state index contributed by atoms with van der Waals surface area (Å²) in [6.07, 6.45) is 3.18. The van der Waals surface area contributed by atoms with Gasteiger partial charge in [-0.15, -0.1) is 0 Å². The molecule has 0 amide bonds. The number of carbonyl (C=O) groups is 1. The summed E-state index contributed by atoms with van der Waals surface area (Å²) in [5.41, 5.74) is 0.606. The third-order valence-electron chi connectivity index (χ3n) is 2.06. The van der Waals surface area contributed by atoms with Gasteiger partial charge >= 0.3 is 5.97 Å². The molecule has 0 bridgehead atoms. The largest absolute Gasteiger partial charge is 0.462 e. The van der Waals surface area contributed by atoms with Crippen LogP contribution >= 0.6 is 15.9 Å². The van der Waals surface area contributed by atoms with Gasteiger partial charge in [0.05, 0.1) is 12.2 Å². The van der Waals surface area contributed by atoms with Crippen LogP contribution in [0.4, 0.5) is 0 Å². The smallest absolute Gasteiger partial charge is 0.338 e. The van der Waals surface area contributed by atoms with Crippen molar-refractivity contribution in [2.24, 2.45) is 0 Å². The molecule has 1 aromatic carbocycles. The molecule has 0 fully saturated rings. The minimum atomic E-state index is -0.237. The summed E-state index contributed by atoms with van der Waals surface area (Å²) in [6.45, 7) is 2.64. The molecule has 1 rings (SSSR count). The maximum absolute atomic E-state index is 11.5. The minimum Gasteiger partial charge on any atom is -0.462 e. The number of unbranched alkanes of at least 4 members (excludes halogenated alkanes) is 2. The second kappa shape index (κ2) is 6.62. The van der Waals surface area contributed by atoms with E-state index in [4.69, 9.17) is 4.74 Å². The first-order valence-electron chi connectivity index (χ1n) is 5.16. The lowest BCUT2D eigenvalue weighted by Crippen LogP contribution is -2.06. The van der Waals surface area contributed by atoms with Crippen LogP contribution in [0.2, 0.25) is 0 Å². The lowest BCUT2D eigenvalue weighted by atomic mass is 10.2. The molecule has 0 unspecified atom stereocenters. The molecule has 0 saturated carbocycles. The van der Waals surface area contributed by atoms with Gasteiger partial charge in [-0.25, -0.2) is 4.79 Å². The van der Waals surface area contributed by atoms with Crippen molar-refractivity contribution in [3.8, 4) is 0 Å². The second-order valence-corrected chi connectivity index (χ2v) is 4.27. The van der Waals surface area contributed by atoms with Crippen LogP contribution in [0, 0.1) is 0 Å². The Morgan fingerprint density at radius 3 is 2.53 bits per heavy atom. The first kappa shape index (κ1) is 12.2. The summed E-state index contributed by atoms with van der Waals surface area (Å²) >= 11 is 3.32. The average Bonchev–Trinajstić information content (AvgIpc) is 2.25. The molecular weight excluding hydrogens is 256 g/mol. The lowest BCUT2D eigenvalue weighted by Gasteiger charge is -2.03.